The third-order valence-electron chi connectivity index (χ3n) is 4.76. The second-order valence-corrected chi connectivity index (χ2v) is 7.25. The molecule has 0 aromatic heterocycles. The average molecular weight is 447 g/mol. The molecule has 0 N–H and O–H groups in total. The maximum Gasteiger partial charge on any atom is 0.335 e. The van der Waals surface area contributed by atoms with Gasteiger partial charge in [-0.25, -0.2) is 4.79 Å². The van der Waals surface area contributed by atoms with Crippen LogP contribution in [-0.4, -0.2) is 31.9 Å². The first kappa shape index (κ1) is 24.1. The van der Waals surface area contributed by atoms with E-state index in [0.717, 1.165) is 28.4 Å². The molecule has 0 amide bonds. The minimum atomic E-state index is -0.591. The van der Waals surface area contributed by atoms with E-state index >= 15 is 0 Å². The van der Waals surface area contributed by atoms with E-state index in [9.17, 15) is 4.79 Å². The molecule has 5 heteroatoms. The van der Waals surface area contributed by atoms with Gasteiger partial charge in [-0.2, -0.15) is 0 Å². The summed E-state index contributed by atoms with van der Waals surface area (Å²) in [6.45, 7) is 4.89. The van der Waals surface area contributed by atoms with E-state index in [2.05, 4.69) is 0 Å². The van der Waals surface area contributed by atoms with Crippen LogP contribution in [0.4, 0.5) is 0 Å². The number of hydrogen-bond acceptors (Lipinski definition) is 5. The maximum atomic E-state index is 12.0. The van der Waals surface area contributed by atoms with Gasteiger partial charge in [0.05, 0.1) is 6.61 Å². The fourth-order valence-corrected chi connectivity index (χ4v) is 3.22. The Bertz CT molecular complexity index is 1010. The SMILES string of the molecule is CCOC(=O)[C@H](Cc1ccc(OCC=Cc2cccc(Oc3ccccc3)c2)cc1)OCC. The quantitative estimate of drug-likeness (QED) is 0.316. The molecule has 5 nitrogen and oxygen atoms in total. The summed E-state index contributed by atoms with van der Waals surface area (Å²) in [5, 5.41) is 0. The van der Waals surface area contributed by atoms with Crippen molar-refractivity contribution in [3.8, 4) is 17.2 Å². The van der Waals surface area contributed by atoms with Crippen LogP contribution in [0.2, 0.25) is 0 Å². The zero-order valence-corrected chi connectivity index (χ0v) is 19.1. The molecule has 33 heavy (non-hydrogen) atoms. The largest absolute Gasteiger partial charge is 0.490 e. The third-order valence-corrected chi connectivity index (χ3v) is 4.76. The van der Waals surface area contributed by atoms with Gasteiger partial charge in [-0.3, -0.25) is 0 Å². The standard InChI is InChI=1S/C28H30O5/c1-3-30-27(28(29)31-4-2)21-23-15-17-24(18-16-23)32-19-9-11-22-10-8-14-26(20-22)33-25-12-6-5-7-13-25/h5-18,20,27H,3-4,19,21H2,1-2H3/t27-/m0/s1. The average Bonchev–Trinajstić information content (AvgIpc) is 2.83. The fourth-order valence-electron chi connectivity index (χ4n) is 3.22. The van der Waals surface area contributed by atoms with Crippen LogP contribution in [0.1, 0.15) is 25.0 Å². The number of benzene rings is 3. The van der Waals surface area contributed by atoms with E-state index in [-0.39, 0.29) is 5.97 Å². The van der Waals surface area contributed by atoms with Crippen molar-refractivity contribution in [3.05, 3.63) is 96.1 Å². The number of esters is 1. The maximum absolute atomic E-state index is 12.0. The molecule has 0 unspecified atom stereocenters. The van der Waals surface area contributed by atoms with Crippen molar-refractivity contribution in [1.29, 1.82) is 0 Å². The Balaban J connectivity index is 1.49. The molecule has 0 radical (unpaired) electrons. The highest BCUT2D eigenvalue weighted by molar-refractivity contribution is 5.75. The molecule has 0 aliphatic heterocycles. The van der Waals surface area contributed by atoms with Crippen molar-refractivity contribution in [2.24, 2.45) is 0 Å². The van der Waals surface area contributed by atoms with Crippen molar-refractivity contribution in [2.45, 2.75) is 26.4 Å². The zero-order chi connectivity index (χ0) is 23.3. The van der Waals surface area contributed by atoms with Gasteiger partial charge in [0.1, 0.15) is 23.9 Å². The fraction of sp³-hybridized carbons (Fsp3) is 0.250. The van der Waals surface area contributed by atoms with E-state index in [4.69, 9.17) is 18.9 Å². The van der Waals surface area contributed by atoms with Gasteiger partial charge in [-0.15, -0.1) is 0 Å². The normalized spacial score (nSPS) is 11.8. The topological polar surface area (TPSA) is 54.0 Å². The highest BCUT2D eigenvalue weighted by Crippen LogP contribution is 2.22. The molecule has 0 saturated heterocycles. The van der Waals surface area contributed by atoms with Gasteiger partial charge in [0, 0.05) is 13.0 Å². The minimum absolute atomic E-state index is 0.331. The van der Waals surface area contributed by atoms with Crippen molar-refractivity contribution in [2.75, 3.05) is 19.8 Å². The summed E-state index contributed by atoms with van der Waals surface area (Å²) >= 11 is 0. The van der Waals surface area contributed by atoms with Crippen LogP contribution >= 0.6 is 0 Å². The summed E-state index contributed by atoms with van der Waals surface area (Å²) in [5.41, 5.74) is 2.02. The lowest BCUT2D eigenvalue weighted by Crippen LogP contribution is -2.28. The van der Waals surface area contributed by atoms with Crippen LogP contribution in [0.3, 0.4) is 0 Å². The molecular formula is C28H30O5. The van der Waals surface area contributed by atoms with E-state index in [1.165, 1.54) is 0 Å². The van der Waals surface area contributed by atoms with E-state index in [1.54, 1.807) is 6.92 Å². The molecule has 172 valence electrons. The van der Waals surface area contributed by atoms with Crippen LogP contribution in [-0.2, 0) is 20.7 Å². The lowest BCUT2D eigenvalue weighted by Gasteiger charge is -2.15. The Morgan fingerprint density at radius 1 is 0.848 bits per heavy atom. The van der Waals surface area contributed by atoms with Crippen molar-refractivity contribution in [3.63, 3.8) is 0 Å². The molecule has 0 aliphatic rings. The Hall–Kier alpha value is -3.57. The second-order valence-electron chi connectivity index (χ2n) is 7.25. The number of ether oxygens (including phenoxy) is 4. The molecule has 1 atom stereocenters. The van der Waals surface area contributed by atoms with Crippen LogP contribution < -0.4 is 9.47 Å². The lowest BCUT2D eigenvalue weighted by atomic mass is 10.1. The molecule has 0 fully saturated rings. The second kappa shape index (κ2) is 13.1. The molecule has 0 aliphatic carbocycles. The Morgan fingerprint density at radius 2 is 1.61 bits per heavy atom. The number of hydrogen-bond donors (Lipinski definition) is 0. The lowest BCUT2D eigenvalue weighted by molar-refractivity contribution is -0.156. The molecule has 3 aromatic rings. The summed E-state index contributed by atoms with van der Waals surface area (Å²) in [5.74, 6) is 2.02. The van der Waals surface area contributed by atoms with Crippen molar-refractivity contribution in [1.82, 2.24) is 0 Å². The Morgan fingerprint density at radius 3 is 2.33 bits per heavy atom. The summed E-state index contributed by atoms with van der Waals surface area (Å²) in [7, 11) is 0. The predicted octanol–water partition coefficient (Wildman–Crippen LogP) is 6.08. The van der Waals surface area contributed by atoms with Crippen molar-refractivity contribution < 1.29 is 23.7 Å². The third kappa shape index (κ3) is 8.13. The van der Waals surface area contributed by atoms with Gasteiger partial charge < -0.3 is 18.9 Å². The summed E-state index contributed by atoms with van der Waals surface area (Å²) in [6, 6.07) is 25.3. The minimum Gasteiger partial charge on any atom is -0.490 e. The summed E-state index contributed by atoms with van der Waals surface area (Å²) < 4.78 is 22.3. The summed E-state index contributed by atoms with van der Waals surface area (Å²) in [6.07, 6.45) is 3.83. The first-order valence-electron chi connectivity index (χ1n) is 11.2. The van der Waals surface area contributed by atoms with Crippen LogP contribution in [0.25, 0.3) is 6.08 Å². The first-order chi connectivity index (χ1) is 16.2. The molecular weight excluding hydrogens is 416 g/mol. The van der Waals surface area contributed by atoms with Gasteiger partial charge >= 0.3 is 5.97 Å². The number of para-hydroxylation sites is 1. The van der Waals surface area contributed by atoms with Gasteiger partial charge in [-0.1, -0.05) is 48.5 Å². The van der Waals surface area contributed by atoms with Crippen LogP contribution in [0.15, 0.2) is 84.9 Å². The van der Waals surface area contributed by atoms with Gasteiger partial charge in [0.25, 0.3) is 0 Å². The van der Waals surface area contributed by atoms with Crippen LogP contribution in [0, 0.1) is 0 Å². The van der Waals surface area contributed by atoms with E-state index in [1.807, 2.05) is 97.9 Å². The van der Waals surface area contributed by atoms with Gasteiger partial charge in [0.2, 0.25) is 0 Å². The molecule has 0 spiro atoms. The van der Waals surface area contributed by atoms with E-state index in [0.29, 0.717) is 26.2 Å². The molecule has 0 saturated carbocycles. The molecule has 0 bridgehead atoms. The predicted molar refractivity (Wildman–Crippen MR) is 130 cm³/mol. The molecule has 3 rings (SSSR count). The number of carbonyl (C=O) groups is 1. The van der Waals surface area contributed by atoms with E-state index < -0.39 is 6.10 Å². The number of carbonyl (C=O) groups excluding carboxylic acids is 1. The summed E-state index contributed by atoms with van der Waals surface area (Å²) in [4.78, 5) is 12.0. The molecule has 0 heterocycles. The highest BCUT2D eigenvalue weighted by atomic mass is 16.6. The van der Waals surface area contributed by atoms with Gasteiger partial charge in [0.15, 0.2) is 6.10 Å². The monoisotopic (exact) mass is 446 g/mol. The van der Waals surface area contributed by atoms with Crippen molar-refractivity contribution >= 4 is 12.0 Å². The Labute approximate surface area is 195 Å². The Kier molecular flexibility index (Phi) is 9.55. The highest BCUT2D eigenvalue weighted by Gasteiger charge is 2.20. The van der Waals surface area contributed by atoms with Gasteiger partial charge in [-0.05, 0) is 67.4 Å². The zero-order valence-electron chi connectivity index (χ0n) is 19.1. The first-order valence-corrected chi connectivity index (χ1v) is 11.2. The number of rotatable bonds is 12. The smallest absolute Gasteiger partial charge is 0.335 e. The molecule has 3 aromatic carbocycles. The van der Waals surface area contributed by atoms with Crippen LogP contribution in [0.5, 0.6) is 17.2 Å².